The van der Waals surface area contributed by atoms with Crippen molar-refractivity contribution in [2.24, 2.45) is 0 Å². The van der Waals surface area contributed by atoms with Crippen LogP contribution in [-0.2, 0) is 0 Å². The predicted octanol–water partition coefficient (Wildman–Crippen LogP) is 4.50. The van der Waals surface area contributed by atoms with E-state index in [-0.39, 0.29) is 5.82 Å². The first-order valence-electron chi connectivity index (χ1n) is 6.35. The van der Waals surface area contributed by atoms with Crippen LogP contribution in [0.15, 0.2) is 60.8 Å². The zero-order valence-corrected chi connectivity index (χ0v) is 11.1. The molecule has 20 heavy (non-hydrogen) atoms. The quantitative estimate of drug-likeness (QED) is 0.742. The van der Waals surface area contributed by atoms with Crippen LogP contribution >= 0.6 is 0 Å². The van der Waals surface area contributed by atoms with Crippen LogP contribution in [-0.4, -0.2) is 12.1 Å². The molecule has 0 amide bonds. The summed E-state index contributed by atoms with van der Waals surface area (Å²) in [4.78, 5) is 3.21. The van der Waals surface area contributed by atoms with Crippen molar-refractivity contribution in [3.8, 4) is 28.1 Å². The second-order valence-electron chi connectivity index (χ2n) is 4.51. The van der Waals surface area contributed by atoms with Gasteiger partial charge in [0.15, 0.2) is 0 Å². The van der Waals surface area contributed by atoms with Gasteiger partial charge in [-0.2, -0.15) is 0 Å². The Morgan fingerprint density at radius 1 is 0.950 bits per heavy atom. The maximum Gasteiger partial charge on any atom is 0.126 e. The third-order valence-corrected chi connectivity index (χ3v) is 3.26. The van der Waals surface area contributed by atoms with Crippen molar-refractivity contribution < 1.29 is 9.13 Å². The molecule has 0 saturated carbocycles. The molecule has 3 aromatic rings. The van der Waals surface area contributed by atoms with E-state index < -0.39 is 0 Å². The van der Waals surface area contributed by atoms with E-state index in [0.29, 0.717) is 0 Å². The van der Waals surface area contributed by atoms with Gasteiger partial charge in [-0.15, -0.1) is 0 Å². The Hall–Kier alpha value is -2.55. The summed E-state index contributed by atoms with van der Waals surface area (Å²) < 4.78 is 18.3. The Morgan fingerprint density at radius 2 is 1.70 bits per heavy atom. The molecule has 100 valence electrons. The van der Waals surface area contributed by atoms with Crippen LogP contribution in [0.2, 0.25) is 0 Å². The lowest BCUT2D eigenvalue weighted by molar-refractivity contribution is 0.416. The molecule has 0 aliphatic heterocycles. The number of rotatable bonds is 3. The zero-order chi connectivity index (χ0) is 13.9. The van der Waals surface area contributed by atoms with Gasteiger partial charge >= 0.3 is 0 Å². The first-order valence-corrected chi connectivity index (χ1v) is 6.35. The van der Waals surface area contributed by atoms with Crippen molar-refractivity contribution in [2.45, 2.75) is 0 Å². The van der Waals surface area contributed by atoms with Crippen LogP contribution in [0.25, 0.3) is 22.4 Å². The molecule has 2 nitrogen and oxygen atoms in total. The lowest BCUT2D eigenvalue weighted by Crippen LogP contribution is -1.85. The standard InChI is InChI=1S/C17H14FNO/c1-20-17-5-3-2-4-15(17)13-10-16(19-11-13)12-6-8-14(18)9-7-12/h2-11,19H,1H3. The highest BCUT2D eigenvalue weighted by molar-refractivity contribution is 5.75. The number of halogens is 1. The topological polar surface area (TPSA) is 25.0 Å². The second kappa shape index (κ2) is 5.21. The Bertz CT molecular complexity index is 716. The lowest BCUT2D eigenvalue weighted by atomic mass is 10.1. The summed E-state index contributed by atoms with van der Waals surface area (Å²) in [7, 11) is 1.66. The summed E-state index contributed by atoms with van der Waals surface area (Å²) >= 11 is 0. The highest BCUT2D eigenvalue weighted by Gasteiger charge is 2.08. The fourth-order valence-electron chi connectivity index (χ4n) is 2.23. The summed E-state index contributed by atoms with van der Waals surface area (Å²) in [5.41, 5.74) is 3.97. The molecule has 0 radical (unpaired) electrons. The fraction of sp³-hybridized carbons (Fsp3) is 0.0588. The van der Waals surface area contributed by atoms with Gasteiger partial charge in [-0.1, -0.05) is 18.2 Å². The normalized spacial score (nSPS) is 10.5. The van der Waals surface area contributed by atoms with Crippen molar-refractivity contribution in [3.05, 3.63) is 66.6 Å². The first kappa shape index (κ1) is 12.5. The Morgan fingerprint density at radius 3 is 2.45 bits per heavy atom. The average molecular weight is 267 g/mol. The van der Waals surface area contributed by atoms with E-state index in [4.69, 9.17) is 4.74 Å². The van der Waals surface area contributed by atoms with Crippen molar-refractivity contribution >= 4 is 0 Å². The van der Waals surface area contributed by atoms with Crippen molar-refractivity contribution in [2.75, 3.05) is 7.11 Å². The molecule has 0 spiro atoms. The van der Waals surface area contributed by atoms with Crippen LogP contribution in [0.1, 0.15) is 0 Å². The number of H-pyrrole nitrogens is 1. The van der Waals surface area contributed by atoms with Gasteiger partial charge < -0.3 is 9.72 Å². The molecule has 0 saturated heterocycles. The Balaban J connectivity index is 2.00. The number of para-hydroxylation sites is 1. The van der Waals surface area contributed by atoms with Gasteiger partial charge in [0, 0.05) is 23.0 Å². The molecule has 0 atom stereocenters. The molecule has 0 fully saturated rings. The van der Waals surface area contributed by atoms with E-state index >= 15 is 0 Å². The molecule has 0 aliphatic rings. The molecule has 3 rings (SSSR count). The molecule has 2 aromatic carbocycles. The maximum absolute atomic E-state index is 12.9. The number of ether oxygens (including phenoxy) is 1. The monoisotopic (exact) mass is 267 g/mol. The maximum atomic E-state index is 12.9. The van der Waals surface area contributed by atoms with Gasteiger partial charge in [0.2, 0.25) is 0 Å². The Kier molecular flexibility index (Phi) is 3.25. The van der Waals surface area contributed by atoms with E-state index in [1.807, 2.05) is 36.5 Å². The Labute approximate surface area is 116 Å². The summed E-state index contributed by atoms with van der Waals surface area (Å²) in [5.74, 6) is 0.599. The fourth-order valence-corrected chi connectivity index (χ4v) is 2.23. The van der Waals surface area contributed by atoms with Crippen LogP contribution in [0.3, 0.4) is 0 Å². The largest absolute Gasteiger partial charge is 0.496 e. The molecule has 1 heterocycles. The molecule has 1 aromatic heterocycles. The minimum atomic E-state index is -0.231. The minimum Gasteiger partial charge on any atom is -0.496 e. The van der Waals surface area contributed by atoms with Gasteiger partial charge in [0.05, 0.1) is 7.11 Å². The molecule has 1 N–H and O–H groups in total. The summed E-state index contributed by atoms with van der Waals surface area (Å²) in [6.45, 7) is 0. The summed E-state index contributed by atoms with van der Waals surface area (Å²) in [6.07, 6.45) is 1.93. The van der Waals surface area contributed by atoms with Crippen LogP contribution < -0.4 is 4.74 Å². The SMILES string of the molecule is COc1ccccc1-c1c[nH]c(-c2ccc(F)cc2)c1. The van der Waals surface area contributed by atoms with E-state index in [1.165, 1.54) is 12.1 Å². The smallest absolute Gasteiger partial charge is 0.126 e. The molecule has 3 heteroatoms. The zero-order valence-electron chi connectivity index (χ0n) is 11.1. The number of hydrogen-bond acceptors (Lipinski definition) is 1. The molecule has 0 aliphatic carbocycles. The van der Waals surface area contributed by atoms with E-state index in [0.717, 1.165) is 28.1 Å². The molecular weight excluding hydrogens is 253 g/mol. The summed E-state index contributed by atoms with van der Waals surface area (Å²) in [5, 5.41) is 0. The van der Waals surface area contributed by atoms with E-state index in [2.05, 4.69) is 4.98 Å². The van der Waals surface area contributed by atoms with E-state index in [9.17, 15) is 4.39 Å². The van der Waals surface area contributed by atoms with Gasteiger partial charge in [0.1, 0.15) is 11.6 Å². The highest BCUT2D eigenvalue weighted by atomic mass is 19.1. The molecular formula is C17H14FNO. The third kappa shape index (κ3) is 2.30. The highest BCUT2D eigenvalue weighted by Crippen LogP contribution is 2.32. The number of methoxy groups -OCH3 is 1. The third-order valence-electron chi connectivity index (χ3n) is 3.26. The van der Waals surface area contributed by atoms with Crippen molar-refractivity contribution in [1.82, 2.24) is 4.98 Å². The number of aromatic amines is 1. The van der Waals surface area contributed by atoms with Crippen LogP contribution in [0.5, 0.6) is 5.75 Å². The van der Waals surface area contributed by atoms with Gasteiger partial charge in [-0.25, -0.2) is 4.39 Å². The molecule has 0 bridgehead atoms. The number of nitrogens with one attached hydrogen (secondary N) is 1. The first-order chi connectivity index (χ1) is 9.78. The van der Waals surface area contributed by atoms with Gasteiger partial charge in [0.25, 0.3) is 0 Å². The minimum absolute atomic E-state index is 0.231. The van der Waals surface area contributed by atoms with E-state index in [1.54, 1.807) is 19.2 Å². The van der Waals surface area contributed by atoms with Crippen LogP contribution in [0.4, 0.5) is 4.39 Å². The van der Waals surface area contributed by atoms with Crippen LogP contribution in [0, 0.1) is 5.82 Å². The number of aromatic nitrogens is 1. The summed E-state index contributed by atoms with van der Waals surface area (Å²) in [6, 6.07) is 16.3. The van der Waals surface area contributed by atoms with Gasteiger partial charge in [-0.05, 0) is 42.0 Å². The second-order valence-corrected chi connectivity index (χ2v) is 4.51. The lowest BCUT2D eigenvalue weighted by Gasteiger charge is -2.05. The average Bonchev–Trinajstić information content (AvgIpc) is 2.97. The van der Waals surface area contributed by atoms with Crippen molar-refractivity contribution in [3.63, 3.8) is 0 Å². The predicted molar refractivity (Wildman–Crippen MR) is 78.2 cm³/mol. The number of benzene rings is 2. The number of hydrogen-bond donors (Lipinski definition) is 1. The molecule has 0 unspecified atom stereocenters. The van der Waals surface area contributed by atoms with Gasteiger partial charge in [-0.3, -0.25) is 0 Å². The van der Waals surface area contributed by atoms with Crippen molar-refractivity contribution in [1.29, 1.82) is 0 Å².